The van der Waals surface area contributed by atoms with Gasteiger partial charge in [-0.2, -0.15) is 5.06 Å². The van der Waals surface area contributed by atoms with Gasteiger partial charge in [0.2, 0.25) is 0 Å². The van der Waals surface area contributed by atoms with E-state index < -0.39 is 0 Å². The van der Waals surface area contributed by atoms with Crippen LogP contribution in [0.3, 0.4) is 0 Å². The van der Waals surface area contributed by atoms with E-state index in [0.29, 0.717) is 6.54 Å². The van der Waals surface area contributed by atoms with Crippen molar-refractivity contribution in [3.05, 3.63) is 30.1 Å². The van der Waals surface area contributed by atoms with Crippen LogP contribution >= 0.6 is 0 Å². The van der Waals surface area contributed by atoms with Gasteiger partial charge in [0.15, 0.2) is 0 Å². The predicted molar refractivity (Wildman–Crippen MR) is 50.8 cm³/mol. The molecule has 0 saturated carbocycles. The van der Waals surface area contributed by atoms with Crippen molar-refractivity contribution < 1.29 is 4.84 Å². The fraction of sp³-hybridized carbons (Fsp3) is 0.444. The Balaban J connectivity index is 2.78. The second-order valence-electron chi connectivity index (χ2n) is 2.77. The van der Waals surface area contributed by atoms with Crippen molar-refractivity contribution in [1.29, 1.82) is 0 Å². The molecule has 0 aromatic carbocycles. The molecule has 1 atom stereocenters. The highest BCUT2D eigenvalue weighted by Crippen LogP contribution is 2.16. The van der Waals surface area contributed by atoms with Crippen molar-refractivity contribution in [2.75, 3.05) is 20.7 Å². The molecule has 0 aliphatic carbocycles. The van der Waals surface area contributed by atoms with E-state index in [1.165, 1.54) is 0 Å². The van der Waals surface area contributed by atoms with E-state index in [9.17, 15) is 0 Å². The fourth-order valence-corrected chi connectivity index (χ4v) is 1.19. The molecule has 0 amide bonds. The van der Waals surface area contributed by atoms with Gasteiger partial charge in [0, 0.05) is 26.0 Å². The van der Waals surface area contributed by atoms with Gasteiger partial charge in [-0.05, 0) is 11.6 Å². The lowest BCUT2D eigenvalue weighted by Crippen LogP contribution is -2.29. The van der Waals surface area contributed by atoms with Gasteiger partial charge in [-0.3, -0.25) is 4.98 Å². The molecule has 0 bridgehead atoms. The lowest BCUT2D eigenvalue weighted by Gasteiger charge is -2.24. The van der Waals surface area contributed by atoms with E-state index in [1.54, 1.807) is 24.6 Å². The summed E-state index contributed by atoms with van der Waals surface area (Å²) in [5.41, 5.74) is 6.70. The zero-order valence-corrected chi connectivity index (χ0v) is 7.97. The SMILES string of the molecule is CON(C)C(CN)c1cccnc1. The molecule has 13 heavy (non-hydrogen) atoms. The Kier molecular flexibility index (Phi) is 3.82. The highest BCUT2D eigenvalue weighted by molar-refractivity contribution is 5.13. The Hall–Kier alpha value is -0.970. The lowest BCUT2D eigenvalue weighted by atomic mass is 10.1. The Morgan fingerprint density at radius 3 is 2.92 bits per heavy atom. The minimum atomic E-state index is 0.0682. The monoisotopic (exact) mass is 181 g/mol. The number of nitrogens with zero attached hydrogens (tertiary/aromatic N) is 2. The van der Waals surface area contributed by atoms with Crippen LogP contribution in [0.15, 0.2) is 24.5 Å². The summed E-state index contributed by atoms with van der Waals surface area (Å²) in [7, 11) is 3.48. The first-order chi connectivity index (χ1) is 6.29. The Morgan fingerprint density at radius 1 is 1.69 bits per heavy atom. The van der Waals surface area contributed by atoms with Gasteiger partial charge in [-0.1, -0.05) is 6.07 Å². The maximum Gasteiger partial charge on any atom is 0.0735 e. The summed E-state index contributed by atoms with van der Waals surface area (Å²) < 4.78 is 0. The van der Waals surface area contributed by atoms with Crippen molar-refractivity contribution in [3.63, 3.8) is 0 Å². The molecule has 2 N–H and O–H groups in total. The molecule has 1 unspecified atom stereocenters. The van der Waals surface area contributed by atoms with Crippen molar-refractivity contribution >= 4 is 0 Å². The number of hydrogen-bond donors (Lipinski definition) is 1. The van der Waals surface area contributed by atoms with E-state index >= 15 is 0 Å². The highest BCUT2D eigenvalue weighted by atomic mass is 16.7. The van der Waals surface area contributed by atoms with Crippen LogP contribution in [0.5, 0.6) is 0 Å². The first-order valence-corrected chi connectivity index (χ1v) is 4.16. The van der Waals surface area contributed by atoms with Crippen LogP contribution in [0, 0.1) is 0 Å². The largest absolute Gasteiger partial charge is 0.329 e. The number of nitrogens with two attached hydrogens (primary N) is 1. The molecule has 0 spiro atoms. The van der Waals surface area contributed by atoms with Crippen LogP contribution < -0.4 is 5.73 Å². The van der Waals surface area contributed by atoms with Crippen molar-refractivity contribution in [2.45, 2.75) is 6.04 Å². The molecule has 1 aromatic rings. The molecular formula is C9H15N3O. The van der Waals surface area contributed by atoms with Crippen LogP contribution in [0.1, 0.15) is 11.6 Å². The molecule has 4 nitrogen and oxygen atoms in total. The van der Waals surface area contributed by atoms with E-state index in [4.69, 9.17) is 10.6 Å². The molecule has 0 fully saturated rings. The zero-order chi connectivity index (χ0) is 9.68. The maximum atomic E-state index is 5.63. The quantitative estimate of drug-likeness (QED) is 0.690. The molecule has 1 rings (SSSR count). The Morgan fingerprint density at radius 2 is 2.46 bits per heavy atom. The number of likely N-dealkylation sites (N-methyl/N-ethyl adjacent to an activating group) is 1. The highest BCUT2D eigenvalue weighted by Gasteiger charge is 2.14. The molecular weight excluding hydrogens is 166 g/mol. The summed E-state index contributed by atoms with van der Waals surface area (Å²) in [4.78, 5) is 9.12. The van der Waals surface area contributed by atoms with E-state index in [-0.39, 0.29) is 6.04 Å². The van der Waals surface area contributed by atoms with Crippen LogP contribution in [-0.2, 0) is 4.84 Å². The zero-order valence-electron chi connectivity index (χ0n) is 7.97. The summed E-state index contributed by atoms with van der Waals surface area (Å²) in [5.74, 6) is 0. The van der Waals surface area contributed by atoms with E-state index in [1.807, 2.05) is 19.2 Å². The number of aromatic nitrogens is 1. The number of hydrogen-bond acceptors (Lipinski definition) is 4. The smallest absolute Gasteiger partial charge is 0.0735 e. The number of pyridine rings is 1. The first-order valence-electron chi connectivity index (χ1n) is 4.16. The maximum absolute atomic E-state index is 5.63. The van der Waals surface area contributed by atoms with Crippen molar-refractivity contribution in [2.24, 2.45) is 5.73 Å². The van der Waals surface area contributed by atoms with Gasteiger partial charge in [0.05, 0.1) is 13.2 Å². The predicted octanol–water partition coefficient (Wildman–Crippen LogP) is 0.575. The molecule has 1 aromatic heterocycles. The minimum absolute atomic E-state index is 0.0682. The van der Waals surface area contributed by atoms with Crippen molar-refractivity contribution in [1.82, 2.24) is 10.0 Å². The standard InChI is InChI=1S/C9H15N3O/c1-12(13-2)9(6-10)8-4-3-5-11-7-8/h3-5,7,9H,6,10H2,1-2H3. The summed E-state index contributed by atoms with van der Waals surface area (Å²) in [6.07, 6.45) is 3.54. The average molecular weight is 181 g/mol. The van der Waals surface area contributed by atoms with Gasteiger partial charge < -0.3 is 10.6 Å². The fourth-order valence-electron chi connectivity index (χ4n) is 1.19. The third kappa shape index (κ3) is 2.48. The van der Waals surface area contributed by atoms with Gasteiger partial charge in [-0.15, -0.1) is 0 Å². The summed E-state index contributed by atoms with van der Waals surface area (Å²) in [5, 5.41) is 1.72. The second kappa shape index (κ2) is 4.91. The van der Waals surface area contributed by atoms with Crippen LogP contribution in [0.25, 0.3) is 0 Å². The lowest BCUT2D eigenvalue weighted by molar-refractivity contribution is -0.140. The van der Waals surface area contributed by atoms with Gasteiger partial charge in [0.25, 0.3) is 0 Å². The van der Waals surface area contributed by atoms with E-state index in [0.717, 1.165) is 5.56 Å². The second-order valence-corrected chi connectivity index (χ2v) is 2.77. The first kappa shape index (κ1) is 10.1. The third-order valence-corrected chi connectivity index (χ3v) is 2.02. The number of rotatable bonds is 4. The summed E-state index contributed by atoms with van der Waals surface area (Å²) in [6.45, 7) is 0.510. The van der Waals surface area contributed by atoms with Gasteiger partial charge in [0.1, 0.15) is 0 Å². The minimum Gasteiger partial charge on any atom is -0.329 e. The van der Waals surface area contributed by atoms with Crippen LogP contribution in [0.2, 0.25) is 0 Å². The molecule has 4 heteroatoms. The summed E-state index contributed by atoms with van der Waals surface area (Å²) in [6, 6.07) is 3.94. The van der Waals surface area contributed by atoms with Crippen molar-refractivity contribution in [3.8, 4) is 0 Å². The molecule has 1 heterocycles. The van der Waals surface area contributed by atoms with Crippen LogP contribution in [0.4, 0.5) is 0 Å². The topological polar surface area (TPSA) is 51.4 Å². The molecule has 0 radical (unpaired) electrons. The summed E-state index contributed by atoms with van der Waals surface area (Å²) >= 11 is 0. The van der Waals surface area contributed by atoms with Gasteiger partial charge >= 0.3 is 0 Å². The number of hydroxylamine groups is 2. The molecule has 0 aliphatic heterocycles. The van der Waals surface area contributed by atoms with E-state index in [2.05, 4.69) is 4.98 Å². The Labute approximate surface area is 78.3 Å². The van der Waals surface area contributed by atoms with Gasteiger partial charge in [-0.25, -0.2) is 0 Å². The normalized spacial score (nSPS) is 13.2. The molecule has 0 aliphatic rings. The van der Waals surface area contributed by atoms with Crippen LogP contribution in [-0.4, -0.2) is 30.7 Å². The average Bonchev–Trinajstić information content (AvgIpc) is 2.20. The Bertz CT molecular complexity index is 240. The molecule has 0 saturated heterocycles. The third-order valence-electron chi connectivity index (χ3n) is 2.02. The molecule has 72 valence electrons.